The van der Waals surface area contributed by atoms with Crippen molar-refractivity contribution in [3.05, 3.63) is 0 Å². The topological polar surface area (TPSA) is 15.3 Å². The summed E-state index contributed by atoms with van der Waals surface area (Å²) in [5.74, 6) is 2.73. The Kier molecular flexibility index (Phi) is 5.46. The van der Waals surface area contributed by atoms with Crippen LogP contribution in [0.5, 0.6) is 0 Å². The Hall–Kier alpha value is 0.270. The fourth-order valence-electron chi connectivity index (χ4n) is 3.06. The lowest BCUT2D eigenvalue weighted by atomic mass is 9.90. The molecule has 2 fully saturated rings. The second-order valence-electron chi connectivity index (χ2n) is 5.07. The van der Waals surface area contributed by atoms with Crippen molar-refractivity contribution in [2.75, 3.05) is 31.1 Å². The first-order valence-corrected chi connectivity index (χ1v) is 8.11. The van der Waals surface area contributed by atoms with E-state index < -0.39 is 0 Å². The van der Waals surface area contributed by atoms with Gasteiger partial charge >= 0.3 is 0 Å². The quantitative estimate of drug-likeness (QED) is 0.818. The molecule has 1 N–H and O–H groups in total. The lowest BCUT2D eigenvalue weighted by Gasteiger charge is -2.36. The van der Waals surface area contributed by atoms with E-state index in [1.807, 2.05) is 0 Å². The first-order valence-electron chi connectivity index (χ1n) is 6.95. The van der Waals surface area contributed by atoms with Crippen molar-refractivity contribution >= 4 is 11.8 Å². The van der Waals surface area contributed by atoms with E-state index in [0.29, 0.717) is 0 Å². The standard InChI is InChI=1S/C13H26N2S/c1-2-14-12-4-6-13(7-5-12)15-8-3-10-16-11-9-15/h12-14H,2-11H2,1H3. The molecule has 94 valence electrons. The van der Waals surface area contributed by atoms with Crippen molar-refractivity contribution < 1.29 is 0 Å². The third kappa shape index (κ3) is 3.64. The number of nitrogens with zero attached hydrogens (tertiary/aromatic N) is 1. The van der Waals surface area contributed by atoms with Crippen LogP contribution in [0.2, 0.25) is 0 Å². The minimum Gasteiger partial charge on any atom is -0.314 e. The van der Waals surface area contributed by atoms with Gasteiger partial charge in [0.15, 0.2) is 0 Å². The Labute approximate surface area is 105 Å². The molecule has 2 aliphatic rings. The maximum Gasteiger partial charge on any atom is 0.00967 e. The first-order chi connectivity index (χ1) is 7.90. The summed E-state index contributed by atoms with van der Waals surface area (Å²) in [6.45, 7) is 6.04. The molecule has 1 heterocycles. The number of hydrogen-bond donors (Lipinski definition) is 1. The fourth-order valence-corrected chi connectivity index (χ4v) is 3.97. The summed E-state index contributed by atoms with van der Waals surface area (Å²) in [5, 5.41) is 3.60. The molecule has 2 rings (SSSR count). The summed E-state index contributed by atoms with van der Waals surface area (Å²) in [6.07, 6.45) is 7.02. The van der Waals surface area contributed by atoms with Crippen LogP contribution in [0.4, 0.5) is 0 Å². The van der Waals surface area contributed by atoms with Crippen molar-refractivity contribution in [2.24, 2.45) is 0 Å². The molecule has 3 heteroatoms. The van der Waals surface area contributed by atoms with Gasteiger partial charge in [0.2, 0.25) is 0 Å². The molecule has 0 bridgehead atoms. The highest BCUT2D eigenvalue weighted by Gasteiger charge is 2.25. The van der Waals surface area contributed by atoms with Gasteiger partial charge in [0.1, 0.15) is 0 Å². The average molecular weight is 242 g/mol. The van der Waals surface area contributed by atoms with Gasteiger partial charge < -0.3 is 5.32 Å². The number of nitrogens with one attached hydrogen (secondary N) is 1. The molecule has 0 radical (unpaired) electrons. The third-order valence-electron chi connectivity index (χ3n) is 3.96. The molecular formula is C13H26N2S. The van der Waals surface area contributed by atoms with Gasteiger partial charge in [-0.2, -0.15) is 11.8 Å². The molecule has 0 atom stereocenters. The van der Waals surface area contributed by atoms with E-state index in [1.165, 1.54) is 56.7 Å². The van der Waals surface area contributed by atoms with Crippen LogP contribution in [0.3, 0.4) is 0 Å². The molecule has 1 saturated heterocycles. The highest BCUT2D eigenvalue weighted by atomic mass is 32.2. The normalized spacial score (nSPS) is 33.6. The van der Waals surface area contributed by atoms with Crippen LogP contribution in [-0.2, 0) is 0 Å². The van der Waals surface area contributed by atoms with Gasteiger partial charge in [0.25, 0.3) is 0 Å². The van der Waals surface area contributed by atoms with Crippen LogP contribution < -0.4 is 5.32 Å². The summed E-state index contributed by atoms with van der Waals surface area (Å²) in [5.41, 5.74) is 0. The molecule has 1 saturated carbocycles. The molecule has 0 aromatic carbocycles. The van der Waals surface area contributed by atoms with Crippen molar-refractivity contribution in [3.8, 4) is 0 Å². The summed E-state index contributed by atoms with van der Waals surface area (Å²) in [6, 6.07) is 1.70. The molecule has 0 amide bonds. The fraction of sp³-hybridized carbons (Fsp3) is 1.00. The second-order valence-corrected chi connectivity index (χ2v) is 6.29. The average Bonchev–Trinajstić information content (AvgIpc) is 2.59. The highest BCUT2D eigenvalue weighted by molar-refractivity contribution is 7.99. The van der Waals surface area contributed by atoms with Crippen LogP contribution in [-0.4, -0.2) is 48.1 Å². The molecule has 2 nitrogen and oxygen atoms in total. The molecule has 16 heavy (non-hydrogen) atoms. The predicted molar refractivity (Wildman–Crippen MR) is 73.2 cm³/mol. The van der Waals surface area contributed by atoms with Crippen molar-refractivity contribution in [2.45, 2.75) is 51.1 Å². The van der Waals surface area contributed by atoms with Gasteiger partial charge in [-0.25, -0.2) is 0 Å². The Morgan fingerprint density at radius 2 is 1.94 bits per heavy atom. The molecule has 0 spiro atoms. The zero-order valence-corrected chi connectivity index (χ0v) is 11.4. The van der Waals surface area contributed by atoms with Crippen molar-refractivity contribution in [1.82, 2.24) is 10.2 Å². The van der Waals surface area contributed by atoms with E-state index in [0.717, 1.165) is 18.6 Å². The maximum atomic E-state index is 3.60. The zero-order valence-electron chi connectivity index (χ0n) is 10.6. The molecule has 0 aromatic heterocycles. The lowest BCUT2D eigenvalue weighted by Crippen LogP contribution is -2.43. The minimum atomic E-state index is 0.808. The van der Waals surface area contributed by atoms with Crippen molar-refractivity contribution in [1.29, 1.82) is 0 Å². The number of rotatable bonds is 3. The molecular weight excluding hydrogens is 216 g/mol. The summed E-state index contributed by atoms with van der Waals surface area (Å²) in [4.78, 5) is 2.77. The van der Waals surface area contributed by atoms with E-state index in [-0.39, 0.29) is 0 Å². The van der Waals surface area contributed by atoms with Crippen LogP contribution in [0.1, 0.15) is 39.0 Å². The smallest absolute Gasteiger partial charge is 0.00967 e. The summed E-state index contributed by atoms with van der Waals surface area (Å²) >= 11 is 2.14. The second kappa shape index (κ2) is 6.87. The Morgan fingerprint density at radius 1 is 1.12 bits per heavy atom. The Balaban J connectivity index is 1.74. The minimum absolute atomic E-state index is 0.808. The molecule has 1 aliphatic heterocycles. The van der Waals surface area contributed by atoms with Gasteiger partial charge in [-0.1, -0.05) is 6.92 Å². The van der Waals surface area contributed by atoms with Crippen LogP contribution >= 0.6 is 11.8 Å². The summed E-state index contributed by atoms with van der Waals surface area (Å²) in [7, 11) is 0. The van der Waals surface area contributed by atoms with Gasteiger partial charge in [-0.3, -0.25) is 4.90 Å². The predicted octanol–water partition coefficient (Wildman–Crippen LogP) is 2.35. The van der Waals surface area contributed by atoms with Gasteiger partial charge in [-0.05, 0) is 50.9 Å². The monoisotopic (exact) mass is 242 g/mol. The maximum absolute atomic E-state index is 3.60. The van der Waals surface area contributed by atoms with Gasteiger partial charge in [-0.15, -0.1) is 0 Å². The zero-order chi connectivity index (χ0) is 11.2. The Morgan fingerprint density at radius 3 is 2.69 bits per heavy atom. The SMILES string of the molecule is CCNC1CCC(N2CCCSCC2)CC1. The van der Waals surface area contributed by atoms with Crippen LogP contribution in [0.25, 0.3) is 0 Å². The molecule has 0 unspecified atom stereocenters. The van der Waals surface area contributed by atoms with Gasteiger partial charge in [0, 0.05) is 24.4 Å². The largest absolute Gasteiger partial charge is 0.314 e. The Bertz CT molecular complexity index is 182. The van der Waals surface area contributed by atoms with E-state index in [4.69, 9.17) is 0 Å². The van der Waals surface area contributed by atoms with Crippen LogP contribution in [0, 0.1) is 0 Å². The van der Waals surface area contributed by atoms with E-state index >= 15 is 0 Å². The molecule has 0 aromatic rings. The van der Waals surface area contributed by atoms with E-state index in [9.17, 15) is 0 Å². The first kappa shape index (κ1) is 12.7. The van der Waals surface area contributed by atoms with E-state index in [2.05, 4.69) is 28.9 Å². The number of hydrogen-bond acceptors (Lipinski definition) is 3. The lowest BCUT2D eigenvalue weighted by molar-refractivity contribution is 0.154. The van der Waals surface area contributed by atoms with Crippen LogP contribution in [0.15, 0.2) is 0 Å². The third-order valence-corrected chi connectivity index (χ3v) is 5.01. The molecule has 1 aliphatic carbocycles. The number of thioether (sulfide) groups is 1. The van der Waals surface area contributed by atoms with E-state index in [1.54, 1.807) is 0 Å². The summed E-state index contributed by atoms with van der Waals surface area (Å²) < 4.78 is 0. The van der Waals surface area contributed by atoms with Crippen molar-refractivity contribution in [3.63, 3.8) is 0 Å². The highest BCUT2D eigenvalue weighted by Crippen LogP contribution is 2.25. The van der Waals surface area contributed by atoms with Gasteiger partial charge in [0.05, 0.1) is 0 Å².